The van der Waals surface area contributed by atoms with Gasteiger partial charge in [0.05, 0.1) is 5.41 Å². The monoisotopic (exact) mass is 189 g/mol. The number of benzene rings is 1. The van der Waals surface area contributed by atoms with Crippen molar-refractivity contribution in [2.24, 2.45) is 0 Å². The van der Waals surface area contributed by atoms with E-state index < -0.39 is 0 Å². The Bertz CT molecular complexity index is 333. The number of β-lactam (4-membered cyclic amide) rings is 1. The van der Waals surface area contributed by atoms with Gasteiger partial charge in [-0.25, -0.2) is 0 Å². The van der Waals surface area contributed by atoms with E-state index in [4.69, 9.17) is 0 Å². The zero-order valence-electron chi connectivity index (χ0n) is 8.42. The van der Waals surface area contributed by atoms with Crippen molar-refractivity contribution >= 4 is 5.91 Å². The topological polar surface area (TPSA) is 29.1 Å². The third-order valence-corrected chi connectivity index (χ3v) is 2.99. The van der Waals surface area contributed by atoms with Crippen molar-refractivity contribution in [1.82, 2.24) is 5.32 Å². The molecule has 1 N–H and O–H groups in total. The fourth-order valence-corrected chi connectivity index (χ4v) is 2.14. The summed E-state index contributed by atoms with van der Waals surface area (Å²) in [5.74, 6) is 0.186. The summed E-state index contributed by atoms with van der Waals surface area (Å²) >= 11 is 0. The average molecular weight is 189 g/mol. The molecule has 1 fully saturated rings. The Labute approximate surface area is 84.3 Å². The minimum atomic E-state index is -0.226. The van der Waals surface area contributed by atoms with E-state index in [1.807, 2.05) is 18.2 Å². The van der Waals surface area contributed by atoms with Gasteiger partial charge in [-0.15, -0.1) is 0 Å². The number of nitrogens with one attached hydrogen (secondary N) is 1. The van der Waals surface area contributed by atoms with E-state index in [2.05, 4.69) is 24.4 Å². The van der Waals surface area contributed by atoms with Gasteiger partial charge in [0.2, 0.25) is 5.91 Å². The Hall–Kier alpha value is -1.31. The van der Waals surface area contributed by atoms with Gasteiger partial charge >= 0.3 is 0 Å². The highest BCUT2D eigenvalue weighted by atomic mass is 16.2. The van der Waals surface area contributed by atoms with Crippen LogP contribution in [0.4, 0.5) is 0 Å². The van der Waals surface area contributed by atoms with Crippen molar-refractivity contribution < 1.29 is 4.79 Å². The molecule has 2 nitrogen and oxygen atoms in total. The molecule has 0 unspecified atom stereocenters. The molecule has 2 heteroatoms. The molecule has 1 heterocycles. The summed E-state index contributed by atoms with van der Waals surface area (Å²) in [6, 6.07) is 10.1. The lowest BCUT2D eigenvalue weighted by Gasteiger charge is -2.41. The minimum absolute atomic E-state index is 0.186. The van der Waals surface area contributed by atoms with Crippen molar-refractivity contribution in [3.8, 4) is 0 Å². The molecule has 14 heavy (non-hydrogen) atoms. The zero-order valence-corrected chi connectivity index (χ0v) is 8.42. The van der Waals surface area contributed by atoms with E-state index >= 15 is 0 Å². The maximum atomic E-state index is 11.6. The molecule has 2 rings (SSSR count). The number of carbonyl (C=O) groups is 1. The van der Waals surface area contributed by atoms with Crippen molar-refractivity contribution in [1.29, 1.82) is 0 Å². The van der Waals surface area contributed by atoms with Crippen LogP contribution in [0.2, 0.25) is 0 Å². The van der Waals surface area contributed by atoms with Gasteiger partial charge in [-0.3, -0.25) is 4.79 Å². The Balaban J connectivity index is 2.33. The first-order valence-corrected chi connectivity index (χ1v) is 5.13. The normalized spacial score (nSPS) is 25.4. The molecule has 1 aromatic rings. The summed E-state index contributed by atoms with van der Waals surface area (Å²) in [7, 11) is 0. The minimum Gasteiger partial charge on any atom is -0.354 e. The molecule has 1 atom stereocenters. The average Bonchev–Trinajstić information content (AvgIpc) is 2.25. The van der Waals surface area contributed by atoms with E-state index in [0.29, 0.717) is 0 Å². The molecule has 1 amide bonds. The molecular weight excluding hydrogens is 174 g/mol. The smallest absolute Gasteiger partial charge is 0.232 e. The fourth-order valence-electron chi connectivity index (χ4n) is 2.14. The first-order valence-electron chi connectivity index (χ1n) is 5.13. The van der Waals surface area contributed by atoms with Crippen LogP contribution in [0.3, 0.4) is 0 Å². The first-order chi connectivity index (χ1) is 6.79. The van der Waals surface area contributed by atoms with Crippen LogP contribution in [-0.4, -0.2) is 12.5 Å². The van der Waals surface area contributed by atoms with Crippen LogP contribution in [0.25, 0.3) is 0 Å². The molecule has 74 valence electrons. The highest BCUT2D eigenvalue weighted by Gasteiger charge is 2.46. The van der Waals surface area contributed by atoms with Crippen molar-refractivity contribution in [2.45, 2.75) is 25.2 Å². The van der Waals surface area contributed by atoms with E-state index in [1.165, 1.54) is 0 Å². The third kappa shape index (κ3) is 1.22. The van der Waals surface area contributed by atoms with E-state index in [0.717, 1.165) is 24.9 Å². The van der Waals surface area contributed by atoms with Crippen molar-refractivity contribution in [2.75, 3.05) is 6.54 Å². The Morgan fingerprint density at radius 2 is 2.07 bits per heavy atom. The molecular formula is C12H15NO. The van der Waals surface area contributed by atoms with Gasteiger partial charge < -0.3 is 5.32 Å². The van der Waals surface area contributed by atoms with Gasteiger partial charge in [0.25, 0.3) is 0 Å². The second-order valence-electron chi connectivity index (χ2n) is 3.88. The molecule has 0 spiro atoms. The molecule has 1 aliphatic rings. The lowest BCUT2D eigenvalue weighted by molar-refractivity contribution is -0.134. The molecule has 0 aliphatic carbocycles. The highest BCUT2D eigenvalue weighted by Crippen LogP contribution is 2.34. The SMILES string of the molecule is CCC[C@@]1(c2ccccc2)CNC1=O. The number of amides is 1. The van der Waals surface area contributed by atoms with Crippen LogP contribution in [0.5, 0.6) is 0 Å². The summed E-state index contributed by atoms with van der Waals surface area (Å²) < 4.78 is 0. The lowest BCUT2D eigenvalue weighted by atomic mass is 9.71. The maximum Gasteiger partial charge on any atom is 0.232 e. The van der Waals surface area contributed by atoms with Gasteiger partial charge in [0.1, 0.15) is 0 Å². The standard InChI is InChI=1S/C12H15NO/c1-2-8-12(9-13-11(12)14)10-6-4-3-5-7-10/h3-7H,2,8-9H2,1H3,(H,13,14)/t12-/m0/s1. The summed E-state index contributed by atoms with van der Waals surface area (Å²) in [5.41, 5.74) is 0.932. The molecule has 0 aromatic heterocycles. The molecule has 0 saturated carbocycles. The summed E-state index contributed by atoms with van der Waals surface area (Å²) in [6.07, 6.45) is 1.99. The van der Waals surface area contributed by atoms with E-state index in [1.54, 1.807) is 0 Å². The van der Waals surface area contributed by atoms with Crippen LogP contribution in [0.15, 0.2) is 30.3 Å². The van der Waals surface area contributed by atoms with Gasteiger partial charge in [-0.1, -0.05) is 43.7 Å². The van der Waals surface area contributed by atoms with Crippen LogP contribution in [-0.2, 0) is 10.2 Å². The summed E-state index contributed by atoms with van der Waals surface area (Å²) in [6.45, 7) is 2.92. The Morgan fingerprint density at radius 3 is 2.50 bits per heavy atom. The van der Waals surface area contributed by atoms with Gasteiger partial charge in [0, 0.05) is 6.54 Å². The van der Waals surface area contributed by atoms with Gasteiger partial charge in [-0.2, -0.15) is 0 Å². The van der Waals surface area contributed by atoms with E-state index in [9.17, 15) is 4.79 Å². The van der Waals surface area contributed by atoms with Gasteiger partial charge in [0.15, 0.2) is 0 Å². The number of hydrogen-bond donors (Lipinski definition) is 1. The van der Waals surface area contributed by atoms with Gasteiger partial charge in [-0.05, 0) is 12.0 Å². The predicted octanol–water partition coefficient (Wildman–Crippen LogP) is 1.85. The largest absolute Gasteiger partial charge is 0.354 e. The maximum absolute atomic E-state index is 11.6. The second-order valence-corrected chi connectivity index (χ2v) is 3.88. The van der Waals surface area contributed by atoms with Crippen molar-refractivity contribution in [3.63, 3.8) is 0 Å². The predicted molar refractivity (Wildman–Crippen MR) is 56.0 cm³/mol. The van der Waals surface area contributed by atoms with Crippen LogP contribution >= 0.6 is 0 Å². The molecule has 0 bridgehead atoms. The summed E-state index contributed by atoms with van der Waals surface area (Å²) in [5, 5.41) is 2.84. The quantitative estimate of drug-likeness (QED) is 0.722. The second kappa shape index (κ2) is 3.45. The molecule has 0 radical (unpaired) electrons. The number of carbonyl (C=O) groups excluding carboxylic acids is 1. The van der Waals surface area contributed by atoms with Crippen LogP contribution < -0.4 is 5.32 Å². The van der Waals surface area contributed by atoms with Crippen molar-refractivity contribution in [3.05, 3.63) is 35.9 Å². The van der Waals surface area contributed by atoms with Crippen LogP contribution in [0, 0.1) is 0 Å². The molecule has 1 aromatic carbocycles. The van der Waals surface area contributed by atoms with E-state index in [-0.39, 0.29) is 11.3 Å². The molecule has 1 saturated heterocycles. The lowest BCUT2D eigenvalue weighted by Crippen LogP contribution is -2.62. The zero-order chi connectivity index (χ0) is 10.0. The first kappa shape index (κ1) is 9.25. The Morgan fingerprint density at radius 1 is 1.36 bits per heavy atom. The number of hydrogen-bond acceptors (Lipinski definition) is 1. The Kier molecular flexibility index (Phi) is 2.28. The number of rotatable bonds is 3. The molecule has 1 aliphatic heterocycles. The third-order valence-electron chi connectivity index (χ3n) is 2.99. The summed E-state index contributed by atoms with van der Waals surface area (Å²) in [4.78, 5) is 11.6. The van der Waals surface area contributed by atoms with Crippen LogP contribution in [0.1, 0.15) is 25.3 Å². The highest BCUT2D eigenvalue weighted by molar-refractivity contribution is 5.94. The fraction of sp³-hybridized carbons (Fsp3) is 0.417.